The van der Waals surface area contributed by atoms with E-state index in [0.717, 1.165) is 25.9 Å². The lowest BCUT2D eigenvalue weighted by molar-refractivity contribution is -0.119. The molecule has 2 heterocycles. The number of halogens is 1. The molecule has 8 heteroatoms. The molecule has 3 unspecified atom stereocenters. The molecule has 1 saturated heterocycles. The second kappa shape index (κ2) is 8.69. The minimum absolute atomic E-state index is 0.158. The molecule has 4 rings (SSSR count). The van der Waals surface area contributed by atoms with Gasteiger partial charge in [-0.25, -0.2) is 8.42 Å². The summed E-state index contributed by atoms with van der Waals surface area (Å²) in [5, 5.41) is 3.47. The van der Waals surface area contributed by atoms with Gasteiger partial charge in [0.1, 0.15) is 6.04 Å². The van der Waals surface area contributed by atoms with Gasteiger partial charge in [-0.15, -0.1) is 0 Å². The topological polar surface area (TPSA) is 69.7 Å². The number of sulfonamides is 1. The fourth-order valence-corrected chi connectivity index (χ4v) is 7.22. The zero-order valence-corrected chi connectivity index (χ0v) is 20.5. The first kappa shape index (κ1) is 23.1. The number of hydrogen-bond donors (Lipinski definition) is 1. The van der Waals surface area contributed by atoms with Crippen molar-refractivity contribution in [2.24, 2.45) is 11.8 Å². The molecule has 0 saturated carbocycles. The van der Waals surface area contributed by atoms with Crippen LogP contribution in [-0.2, 0) is 14.8 Å². The standard InChI is InChI=1S/C24H30ClN3O3S/c1-15-13-22(16(2)12-19(15)25)32(30,31)28-21-10-6-5-9-20(21)26-24(29)23(28)17(3)18-8-7-11-27(4)14-18/h5-6,9-10,12-13,17-18,23H,7-8,11,14H2,1-4H3,(H,26,29). The van der Waals surface area contributed by atoms with Crippen molar-refractivity contribution >= 4 is 38.9 Å². The van der Waals surface area contributed by atoms with E-state index in [0.29, 0.717) is 27.5 Å². The average Bonchev–Trinajstić information content (AvgIpc) is 2.74. The first-order valence-corrected chi connectivity index (χ1v) is 12.8. The molecule has 0 aliphatic carbocycles. The van der Waals surface area contributed by atoms with Crippen molar-refractivity contribution in [2.45, 2.75) is 44.6 Å². The third-order valence-corrected chi connectivity index (χ3v) is 9.16. The SMILES string of the molecule is Cc1cc(S(=O)(=O)N2c3ccccc3NC(=O)C2C(C)C2CCCN(C)C2)c(C)cc1Cl. The van der Waals surface area contributed by atoms with Crippen LogP contribution in [0.15, 0.2) is 41.3 Å². The van der Waals surface area contributed by atoms with Gasteiger partial charge in [-0.1, -0.05) is 30.7 Å². The summed E-state index contributed by atoms with van der Waals surface area (Å²) >= 11 is 6.24. The number of fused-ring (bicyclic) bond motifs is 1. The first-order chi connectivity index (χ1) is 15.1. The van der Waals surface area contributed by atoms with Crippen LogP contribution >= 0.6 is 11.6 Å². The molecule has 2 aliphatic heterocycles. The van der Waals surface area contributed by atoms with Gasteiger partial charge in [-0.2, -0.15) is 0 Å². The van der Waals surface area contributed by atoms with Crippen molar-refractivity contribution in [1.82, 2.24) is 4.90 Å². The number of likely N-dealkylation sites (tertiary alicyclic amines) is 1. The van der Waals surface area contributed by atoms with Crippen LogP contribution in [-0.4, -0.2) is 45.4 Å². The second-order valence-electron chi connectivity index (χ2n) is 9.14. The van der Waals surface area contributed by atoms with Crippen LogP contribution in [0.25, 0.3) is 0 Å². The molecular weight excluding hydrogens is 446 g/mol. The molecule has 0 aromatic heterocycles. The van der Waals surface area contributed by atoms with Crippen molar-refractivity contribution in [2.75, 3.05) is 29.8 Å². The minimum atomic E-state index is -4.02. The van der Waals surface area contributed by atoms with E-state index >= 15 is 0 Å². The maximum absolute atomic E-state index is 14.1. The highest BCUT2D eigenvalue weighted by molar-refractivity contribution is 7.93. The van der Waals surface area contributed by atoms with Crippen LogP contribution < -0.4 is 9.62 Å². The normalized spacial score (nSPS) is 22.9. The van der Waals surface area contributed by atoms with Crippen LogP contribution in [0.3, 0.4) is 0 Å². The molecule has 1 fully saturated rings. The summed E-state index contributed by atoms with van der Waals surface area (Å²) in [4.78, 5) is 15.8. The fraction of sp³-hybridized carbons (Fsp3) is 0.458. The Kier molecular flexibility index (Phi) is 6.27. The van der Waals surface area contributed by atoms with E-state index in [1.165, 1.54) is 4.31 Å². The Morgan fingerprint density at radius 3 is 2.59 bits per heavy atom. The fourth-order valence-electron chi connectivity index (χ4n) is 5.00. The number of piperidine rings is 1. The molecule has 0 spiro atoms. The predicted octanol–water partition coefficient (Wildman–Crippen LogP) is 4.45. The third kappa shape index (κ3) is 4.02. The monoisotopic (exact) mass is 475 g/mol. The highest BCUT2D eigenvalue weighted by Gasteiger charge is 2.46. The Labute approximate surface area is 195 Å². The maximum Gasteiger partial charge on any atom is 0.265 e. The molecule has 1 amide bonds. The summed E-state index contributed by atoms with van der Waals surface area (Å²) in [5.41, 5.74) is 2.26. The lowest BCUT2D eigenvalue weighted by atomic mass is 9.81. The Hall–Kier alpha value is -2.09. The number of benzene rings is 2. The van der Waals surface area contributed by atoms with Gasteiger partial charge in [-0.05, 0) is 87.5 Å². The average molecular weight is 476 g/mol. The van der Waals surface area contributed by atoms with Gasteiger partial charge in [-0.3, -0.25) is 9.10 Å². The third-order valence-electron chi connectivity index (χ3n) is 6.82. The number of para-hydroxylation sites is 2. The Morgan fingerprint density at radius 1 is 1.16 bits per heavy atom. The van der Waals surface area contributed by atoms with Crippen molar-refractivity contribution in [1.29, 1.82) is 0 Å². The Balaban J connectivity index is 1.86. The quantitative estimate of drug-likeness (QED) is 0.709. The van der Waals surface area contributed by atoms with E-state index in [2.05, 4.69) is 17.3 Å². The number of carbonyl (C=O) groups is 1. The number of carbonyl (C=O) groups excluding carboxylic acids is 1. The largest absolute Gasteiger partial charge is 0.322 e. The number of aryl methyl sites for hydroxylation is 2. The van der Waals surface area contributed by atoms with Crippen LogP contribution in [0.1, 0.15) is 30.9 Å². The van der Waals surface area contributed by atoms with E-state index in [1.54, 1.807) is 50.2 Å². The van der Waals surface area contributed by atoms with E-state index in [-0.39, 0.29) is 22.6 Å². The number of anilines is 2. The number of amides is 1. The highest BCUT2D eigenvalue weighted by Crippen LogP contribution is 2.41. The lowest BCUT2D eigenvalue weighted by Crippen LogP contribution is -2.56. The van der Waals surface area contributed by atoms with Crippen LogP contribution in [0.4, 0.5) is 11.4 Å². The maximum atomic E-state index is 14.1. The first-order valence-electron chi connectivity index (χ1n) is 11.0. The van der Waals surface area contributed by atoms with E-state index < -0.39 is 16.1 Å². The minimum Gasteiger partial charge on any atom is -0.322 e. The zero-order valence-electron chi connectivity index (χ0n) is 18.9. The molecule has 2 aliphatic rings. The highest BCUT2D eigenvalue weighted by atomic mass is 35.5. The predicted molar refractivity (Wildman–Crippen MR) is 129 cm³/mol. The number of nitrogens with one attached hydrogen (secondary N) is 1. The Morgan fingerprint density at radius 2 is 1.88 bits per heavy atom. The summed E-state index contributed by atoms with van der Waals surface area (Å²) in [6, 6.07) is 9.55. The molecule has 2 aromatic rings. The van der Waals surface area contributed by atoms with Crippen molar-refractivity contribution in [3.63, 3.8) is 0 Å². The zero-order chi connectivity index (χ0) is 23.2. The van der Waals surface area contributed by atoms with Gasteiger partial charge in [0.15, 0.2) is 0 Å². The molecule has 1 N–H and O–H groups in total. The van der Waals surface area contributed by atoms with E-state index in [9.17, 15) is 13.2 Å². The molecular formula is C24H30ClN3O3S. The van der Waals surface area contributed by atoms with Gasteiger partial charge in [0, 0.05) is 11.6 Å². The lowest BCUT2D eigenvalue weighted by Gasteiger charge is -2.43. The summed E-state index contributed by atoms with van der Waals surface area (Å²) < 4.78 is 29.6. The number of rotatable bonds is 4. The van der Waals surface area contributed by atoms with E-state index in [4.69, 9.17) is 11.6 Å². The second-order valence-corrected chi connectivity index (χ2v) is 11.3. The molecule has 0 bridgehead atoms. The Bertz CT molecular complexity index is 1150. The van der Waals surface area contributed by atoms with Crippen LogP contribution in [0.2, 0.25) is 5.02 Å². The molecule has 3 atom stereocenters. The van der Waals surface area contributed by atoms with Crippen molar-refractivity contribution in [3.05, 3.63) is 52.5 Å². The molecule has 172 valence electrons. The smallest absolute Gasteiger partial charge is 0.265 e. The van der Waals surface area contributed by atoms with Crippen LogP contribution in [0.5, 0.6) is 0 Å². The summed E-state index contributed by atoms with van der Waals surface area (Å²) in [5.74, 6) is -0.216. The summed E-state index contributed by atoms with van der Waals surface area (Å²) in [7, 11) is -1.95. The number of nitrogens with zero attached hydrogens (tertiary/aromatic N) is 2. The number of hydrogen-bond acceptors (Lipinski definition) is 4. The van der Waals surface area contributed by atoms with Crippen molar-refractivity contribution < 1.29 is 13.2 Å². The summed E-state index contributed by atoms with van der Waals surface area (Å²) in [6.45, 7) is 7.40. The molecule has 32 heavy (non-hydrogen) atoms. The van der Waals surface area contributed by atoms with Crippen molar-refractivity contribution in [3.8, 4) is 0 Å². The molecule has 6 nitrogen and oxygen atoms in total. The molecule has 0 radical (unpaired) electrons. The van der Waals surface area contributed by atoms with Gasteiger partial charge < -0.3 is 10.2 Å². The van der Waals surface area contributed by atoms with E-state index in [1.807, 2.05) is 6.92 Å². The van der Waals surface area contributed by atoms with Gasteiger partial charge in [0.2, 0.25) is 5.91 Å². The molecule has 2 aromatic carbocycles. The van der Waals surface area contributed by atoms with Crippen LogP contribution in [0, 0.1) is 25.7 Å². The van der Waals surface area contributed by atoms with Gasteiger partial charge in [0.05, 0.1) is 16.3 Å². The summed E-state index contributed by atoms with van der Waals surface area (Å²) in [6.07, 6.45) is 2.02. The van der Waals surface area contributed by atoms with Gasteiger partial charge >= 0.3 is 0 Å². The van der Waals surface area contributed by atoms with Gasteiger partial charge in [0.25, 0.3) is 10.0 Å².